The van der Waals surface area contributed by atoms with E-state index in [-0.39, 0.29) is 29.7 Å². The zero-order chi connectivity index (χ0) is 18.0. The lowest BCUT2D eigenvalue weighted by molar-refractivity contribution is -0.121. The number of amides is 1. The summed E-state index contributed by atoms with van der Waals surface area (Å²) in [5.74, 6) is -0.0960. The Morgan fingerprint density at radius 2 is 2.08 bits per heavy atom. The highest BCUT2D eigenvalue weighted by Crippen LogP contribution is 2.30. The minimum atomic E-state index is -0.227. The van der Waals surface area contributed by atoms with Gasteiger partial charge in [0.1, 0.15) is 11.2 Å². The van der Waals surface area contributed by atoms with Crippen LogP contribution in [0.5, 0.6) is 0 Å². The Bertz CT molecular complexity index is 977. The van der Waals surface area contributed by atoms with E-state index in [1.54, 1.807) is 11.3 Å². The van der Waals surface area contributed by atoms with E-state index in [1.165, 1.54) is 26.9 Å². The van der Waals surface area contributed by atoms with Crippen molar-refractivity contribution >= 4 is 46.5 Å². The molecule has 7 heteroatoms. The lowest BCUT2D eigenvalue weighted by Gasteiger charge is -2.02. The molecule has 2 aromatic rings. The highest BCUT2D eigenvalue weighted by atomic mass is 32.1. The summed E-state index contributed by atoms with van der Waals surface area (Å²) in [6, 6.07) is 3.97. The lowest BCUT2D eigenvalue weighted by Crippen LogP contribution is -2.38. The number of hydrogen-bond donors (Lipinski definition) is 1. The number of thiazole rings is 1. The van der Waals surface area contributed by atoms with Crippen LogP contribution in [-0.2, 0) is 16.1 Å². The van der Waals surface area contributed by atoms with Crippen LogP contribution in [0.15, 0.2) is 16.9 Å². The molecule has 1 saturated carbocycles. The molecule has 25 heavy (non-hydrogen) atoms. The number of Topliss-reactive ketones (excluding diaryl/α,β-unsaturated/α-hetero) is 1. The Morgan fingerprint density at radius 3 is 2.68 bits per heavy atom. The summed E-state index contributed by atoms with van der Waals surface area (Å²) in [6.45, 7) is 4.28. The van der Waals surface area contributed by atoms with E-state index < -0.39 is 0 Å². The molecule has 0 aromatic carbocycles. The average Bonchev–Trinajstić information content (AvgIpc) is 3.28. The SMILES string of the molecule is CCNC(=O)Cn1c(=CC(=O)C2CC2)sc(=Cc2ccc(C)s2)c1=O. The van der Waals surface area contributed by atoms with Crippen molar-refractivity contribution in [2.75, 3.05) is 6.54 Å². The van der Waals surface area contributed by atoms with Gasteiger partial charge < -0.3 is 5.32 Å². The third-order valence-corrected chi connectivity index (χ3v) is 5.90. The summed E-state index contributed by atoms with van der Waals surface area (Å²) in [5, 5.41) is 2.70. The summed E-state index contributed by atoms with van der Waals surface area (Å²) in [7, 11) is 0. The van der Waals surface area contributed by atoms with Crippen molar-refractivity contribution in [1.82, 2.24) is 9.88 Å². The number of nitrogens with one attached hydrogen (secondary N) is 1. The molecule has 2 heterocycles. The van der Waals surface area contributed by atoms with Crippen LogP contribution in [-0.4, -0.2) is 22.8 Å². The predicted octanol–water partition coefficient (Wildman–Crippen LogP) is 1.00. The van der Waals surface area contributed by atoms with Gasteiger partial charge in [-0.3, -0.25) is 19.0 Å². The summed E-state index contributed by atoms with van der Waals surface area (Å²) < 4.78 is 2.50. The zero-order valence-corrected chi connectivity index (χ0v) is 15.8. The number of hydrogen-bond acceptors (Lipinski definition) is 5. The summed E-state index contributed by atoms with van der Waals surface area (Å²) in [6.07, 6.45) is 5.18. The van der Waals surface area contributed by atoms with Gasteiger partial charge in [0.05, 0.1) is 4.53 Å². The zero-order valence-electron chi connectivity index (χ0n) is 14.2. The van der Waals surface area contributed by atoms with E-state index >= 15 is 0 Å². The minimum absolute atomic E-state index is 0.0458. The minimum Gasteiger partial charge on any atom is -0.355 e. The molecule has 0 spiro atoms. The molecule has 132 valence electrons. The molecule has 1 N–H and O–H groups in total. The normalized spacial score (nSPS) is 15.6. The van der Waals surface area contributed by atoms with Gasteiger partial charge in [-0.1, -0.05) is 0 Å². The number of thiophene rings is 1. The maximum absolute atomic E-state index is 12.7. The molecule has 3 rings (SSSR count). The molecule has 2 aromatic heterocycles. The molecule has 0 saturated heterocycles. The van der Waals surface area contributed by atoms with E-state index in [4.69, 9.17) is 0 Å². The average molecular weight is 377 g/mol. The summed E-state index contributed by atoms with van der Waals surface area (Å²) in [5.41, 5.74) is -0.225. The third-order valence-electron chi connectivity index (χ3n) is 3.89. The highest BCUT2D eigenvalue weighted by Gasteiger charge is 2.28. The first-order valence-corrected chi connectivity index (χ1v) is 9.91. The highest BCUT2D eigenvalue weighted by molar-refractivity contribution is 7.13. The number of carbonyl (C=O) groups is 2. The number of carbonyl (C=O) groups excluding carboxylic acids is 2. The predicted molar refractivity (Wildman–Crippen MR) is 101 cm³/mol. The maximum Gasteiger partial charge on any atom is 0.269 e. The Balaban J connectivity index is 2.07. The molecule has 0 bridgehead atoms. The van der Waals surface area contributed by atoms with Crippen LogP contribution < -0.4 is 20.1 Å². The Labute approximate surface area is 153 Å². The Kier molecular flexibility index (Phi) is 5.34. The van der Waals surface area contributed by atoms with Gasteiger partial charge in [-0.15, -0.1) is 22.7 Å². The molecule has 1 fully saturated rings. The lowest BCUT2D eigenvalue weighted by atomic mass is 10.3. The van der Waals surface area contributed by atoms with Crippen molar-refractivity contribution < 1.29 is 9.59 Å². The van der Waals surface area contributed by atoms with E-state index in [9.17, 15) is 14.4 Å². The van der Waals surface area contributed by atoms with Crippen molar-refractivity contribution in [3.05, 3.63) is 41.4 Å². The second-order valence-electron chi connectivity index (χ2n) is 6.06. The van der Waals surface area contributed by atoms with Gasteiger partial charge in [0.15, 0.2) is 5.78 Å². The first-order valence-electron chi connectivity index (χ1n) is 8.28. The van der Waals surface area contributed by atoms with Gasteiger partial charge in [0, 0.05) is 28.3 Å². The summed E-state index contributed by atoms with van der Waals surface area (Å²) in [4.78, 5) is 39.0. The van der Waals surface area contributed by atoms with Crippen LogP contribution in [0.3, 0.4) is 0 Å². The topological polar surface area (TPSA) is 68.2 Å². The molecular weight excluding hydrogens is 356 g/mol. The van der Waals surface area contributed by atoms with E-state index in [1.807, 2.05) is 32.1 Å². The van der Waals surface area contributed by atoms with Crippen molar-refractivity contribution in [3.8, 4) is 0 Å². The number of aromatic nitrogens is 1. The standard InChI is InChI=1S/C18H20N2O3S2/c1-3-19-16(22)10-20-17(9-14(21)12-5-6-12)25-15(18(20)23)8-13-7-4-11(2)24-13/h4,7-9,12H,3,5-6,10H2,1-2H3,(H,19,22). The first kappa shape index (κ1) is 17.8. The smallest absolute Gasteiger partial charge is 0.269 e. The van der Waals surface area contributed by atoms with Crippen LogP contribution in [0.25, 0.3) is 12.2 Å². The second kappa shape index (κ2) is 7.49. The van der Waals surface area contributed by atoms with Crippen molar-refractivity contribution in [2.24, 2.45) is 5.92 Å². The van der Waals surface area contributed by atoms with Gasteiger partial charge in [-0.2, -0.15) is 0 Å². The first-order chi connectivity index (χ1) is 12.0. The largest absolute Gasteiger partial charge is 0.355 e. The second-order valence-corrected chi connectivity index (χ2v) is 8.44. The van der Waals surface area contributed by atoms with Gasteiger partial charge in [-0.05, 0) is 44.9 Å². The van der Waals surface area contributed by atoms with Gasteiger partial charge in [0.25, 0.3) is 5.56 Å². The molecule has 0 radical (unpaired) electrons. The van der Waals surface area contributed by atoms with Crippen LogP contribution in [0.1, 0.15) is 29.5 Å². The Hall–Kier alpha value is -1.99. The number of aryl methyl sites for hydroxylation is 1. The maximum atomic E-state index is 12.7. The number of likely N-dealkylation sites (N-methyl/N-ethyl adjacent to an activating group) is 1. The van der Waals surface area contributed by atoms with Gasteiger partial charge >= 0.3 is 0 Å². The van der Waals surface area contributed by atoms with E-state index in [2.05, 4.69) is 5.32 Å². The van der Waals surface area contributed by atoms with Gasteiger partial charge in [-0.25, -0.2) is 0 Å². The van der Waals surface area contributed by atoms with Crippen molar-refractivity contribution in [1.29, 1.82) is 0 Å². The van der Waals surface area contributed by atoms with Crippen LogP contribution in [0, 0.1) is 12.8 Å². The van der Waals surface area contributed by atoms with Crippen molar-refractivity contribution in [3.63, 3.8) is 0 Å². The molecule has 0 unspecified atom stereocenters. The molecule has 5 nitrogen and oxygen atoms in total. The molecule has 0 aliphatic heterocycles. The molecule has 0 atom stereocenters. The number of nitrogens with zero attached hydrogens (tertiary/aromatic N) is 1. The van der Waals surface area contributed by atoms with Gasteiger partial charge in [0.2, 0.25) is 5.91 Å². The molecule has 1 aliphatic carbocycles. The fourth-order valence-electron chi connectivity index (χ4n) is 2.46. The molecular formula is C18H20N2O3S2. The van der Waals surface area contributed by atoms with Crippen LogP contribution >= 0.6 is 22.7 Å². The number of rotatable bonds is 6. The fraction of sp³-hybridized carbons (Fsp3) is 0.389. The third kappa shape index (κ3) is 4.35. The molecule has 1 amide bonds. The van der Waals surface area contributed by atoms with Crippen molar-refractivity contribution in [2.45, 2.75) is 33.2 Å². The number of ketones is 1. The quantitative estimate of drug-likeness (QED) is 0.818. The van der Waals surface area contributed by atoms with Crippen LogP contribution in [0.2, 0.25) is 0 Å². The van der Waals surface area contributed by atoms with E-state index in [0.29, 0.717) is 15.7 Å². The summed E-state index contributed by atoms with van der Waals surface area (Å²) >= 11 is 2.87. The monoisotopic (exact) mass is 376 g/mol. The molecule has 1 aliphatic rings. The van der Waals surface area contributed by atoms with Crippen LogP contribution in [0.4, 0.5) is 0 Å². The Morgan fingerprint density at radius 1 is 1.32 bits per heavy atom. The van der Waals surface area contributed by atoms with E-state index in [0.717, 1.165) is 17.7 Å². The fourth-order valence-corrected chi connectivity index (χ4v) is 4.39.